The predicted octanol–water partition coefficient (Wildman–Crippen LogP) is 1.99. The van der Waals surface area contributed by atoms with Gasteiger partial charge in [-0.25, -0.2) is 4.98 Å². The number of nitriles is 1. The lowest BCUT2D eigenvalue weighted by Gasteiger charge is -2.02. The van der Waals surface area contributed by atoms with E-state index in [1.54, 1.807) is 37.4 Å². The van der Waals surface area contributed by atoms with Crippen molar-refractivity contribution in [3.63, 3.8) is 0 Å². The number of nitrogen functional groups attached to an aromatic ring is 2. The van der Waals surface area contributed by atoms with Gasteiger partial charge < -0.3 is 10.5 Å². The number of fused-ring (bicyclic) bond motifs is 1. The van der Waals surface area contributed by atoms with Crippen LogP contribution in [0.1, 0.15) is 20.8 Å². The predicted molar refractivity (Wildman–Crippen MR) is 88.3 cm³/mol. The van der Waals surface area contributed by atoms with E-state index in [0.29, 0.717) is 37.7 Å². The molecule has 0 radical (unpaired) electrons. The van der Waals surface area contributed by atoms with Crippen molar-refractivity contribution in [3.05, 3.63) is 46.3 Å². The summed E-state index contributed by atoms with van der Waals surface area (Å²) in [7, 11) is 1.56. The van der Waals surface area contributed by atoms with Crippen molar-refractivity contribution in [1.82, 2.24) is 0 Å². The Hall–Kier alpha value is -3.11. The average molecular weight is 325 g/mol. The molecule has 3 aromatic rings. The van der Waals surface area contributed by atoms with Crippen LogP contribution in [-0.4, -0.2) is 12.9 Å². The molecule has 23 heavy (non-hydrogen) atoms. The maximum Gasteiger partial charge on any atom is 0.289 e. The van der Waals surface area contributed by atoms with Gasteiger partial charge in [-0.3, -0.25) is 10.5 Å². The van der Waals surface area contributed by atoms with Crippen LogP contribution in [0.2, 0.25) is 0 Å². The number of nitrogens with two attached hydrogens (primary N) is 2. The number of benzene rings is 1. The van der Waals surface area contributed by atoms with Crippen molar-refractivity contribution >= 4 is 38.8 Å². The van der Waals surface area contributed by atoms with E-state index in [4.69, 9.17) is 21.5 Å². The van der Waals surface area contributed by atoms with Crippen LogP contribution in [0.4, 0.5) is 11.5 Å². The third-order valence-corrected chi connectivity index (χ3v) is 4.63. The molecule has 6 nitrogen and oxygen atoms in total. The van der Waals surface area contributed by atoms with Crippen molar-refractivity contribution in [3.8, 4) is 11.8 Å². The van der Waals surface area contributed by atoms with E-state index in [2.05, 4.69) is 4.98 Å². The molecule has 0 aliphatic rings. The molecule has 0 unspecified atom stereocenters. The minimum atomic E-state index is -0.183. The molecule has 0 aliphatic heterocycles. The molecule has 5 N–H and O–H groups in total. The number of carbonyl (C=O) groups is 1. The molecule has 0 atom stereocenters. The van der Waals surface area contributed by atoms with Gasteiger partial charge in [0.05, 0.1) is 18.2 Å². The zero-order valence-electron chi connectivity index (χ0n) is 12.2. The van der Waals surface area contributed by atoms with Gasteiger partial charge in [0.15, 0.2) is 4.83 Å². The first-order valence-electron chi connectivity index (χ1n) is 6.67. The fourth-order valence-electron chi connectivity index (χ4n) is 2.24. The Balaban J connectivity index is 2.10. The van der Waals surface area contributed by atoms with Crippen LogP contribution >= 0.6 is 11.3 Å². The fourth-order valence-corrected chi connectivity index (χ4v) is 3.31. The molecule has 3 rings (SSSR count). The second kappa shape index (κ2) is 5.59. The molecular formula is C16H13N4O2S+. The number of methoxy groups -OCH3 is 1. The molecule has 0 amide bonds. The summed E-state index contributed by atoms with van der Waals surface area (Å²) in [4.78, 5) is 16.6. The van der Waals surface area contributed by atoms with Crippen molar-refractivity contribution in [2.45, 2.75) is 0 Å². The largest absolute Gasteiger partial charge is 0.497 e. The van der Waals surface area contributed by atoms with Crippen LogP contribution in [0.5, 0.6) is 5.75 Å². The third-order valence-electron chi connectivity index (χ3n) is 3.49. The van der Waals surface area contributed by atoms with Crippen molar-refractivity contribution in [2.24, 2.45) is 0 Å². The topological polar surface area (TPSA) is 116 Å². The molecule has 2 aromatic heterocycles. The number of hydrogen-bond acceptors (Lipinski definition) is 6. The summed E-state index contributed by atoms with van der Waals surface area (Å²) in [5.41, 5.74) is 13.0. The number of carbonyl (C=O) groups excluding carboxylic acids is 1. The van der Waals surface area contributed by atoms with Crippen molar-refractivity contribution < 1.29 is 14.5 Å². The summed E-state index contributed by atoms with van der Waals surface area (Å²) in [6, 6.07) is 10.4. The van der Waals surface area contributed by atoms with Crippen LogP contribution in [0.25, 0.3) is 10.2 Å². The number of hydrogen-bond donors (Lipinski definition) is 2. The highest BCUT2D eigenvalue weighted by molar-refractivity contribution is 7.21. The summed E-state index contributed by atoms with van der Waals surface area (Å²) in [6.45, 7) is 0. The smallest absolute Gasteiger partial charge is 0.289 e. The molecule has 0 spiro atoms. The Morgan fingerprint density at radius 2 is 2.00 bits per heavy atom. The van der Waals surface area contributed by atoms with E-state index in [0.717, 1.165) is 0 Å². The maximum atomic E-state index is 12.7. The molecule has 0 saturated carbocycles. The first-order chi connectivity index (χ1) is 11.0. The number of thiophene rings is 1. The maximum absolute atomic E-state index is 12.7. The van der Waals surface area contributed by atoms with Gasteiger partial charge in [-0.2, -0.15) is 5.26 Å². The molecule has 1 aromatic carbocycles. The van der Waals surface area contributed by atoms with E-state index >= 15 is 0 Å². The number of aromatic nitrogens is 1. The second-order valence-corrected chi connectivity index (χ2v) is 5.87. The van der Waals surface area contributed by atoms with Gasteiger partial charge in [0.25, 0.3) is 5.82 Å². The Kier molecular flexibility index (Phi) is 3.60. The summed E-state index contributed by atoms with van der Waals surface area (Å²) < 4.78 is 5.08. The van der Waals surface area contributed by atoms with E-state index in [1.165, 1.54) is 11.3 Å². The number of ether oxygens (including phenoxy) is 1. The molecule has 0 bridgehead atoms. The van der Waals surface area contributed by atoms with E-state index in [-0.39, 0.29) is 11.6 Å². The summed E-state index contributed by atoms with van der Waals surface area (Å²) in [5, 5.41) is 9.67. The van der Waals surface area contributed by atoms with Crippen LogP contribution in [0.3, 0.4) is 0 Å². The minimum Gasteiger partial charge on any atom is -0.497 e. The SMILES string of the molecule is COc1ccc(C(=O)c2sc3[nH+]c(N)c(C#N)cc3c2N)cc1. The summed E-state index contributed by atoms with van der Waals surface area (Å²) in [6.07, 6.45) is 0. The van der Waals surface area contributed by atoms with Gasteiger partial charge in [0.2, 0.25) is 5.78 Å². The number of nitrogens with one attached hydrogen (secondary N) is 1. The Bertz CT molecular complexity index is 955. The summed E-state index contributed by atoms with van der Waals surface area (Å²) >= 11 is 1.22. The van der Waals surface area contributed by atoms with Crippen LogP contribution in [0.15, 0.2) is 30.3 Å². The average Bonchev–Trinajstić information content (AvgIpc) is 2.89. The highest BCUT2D eigenvalue weighted by Gasteiger charge is 2.21. The van der Waals surface area contributed by atoms with Crippen LogP contribution < -0.4 is 21.2 Å². The Morgan fingerprint density at radius 1 is 1.30 bits per heavy atom. The van der Waals surface area contributed by atoms with Crippen LogP contribution in [-0.2, 0) is 0 Å². The number of rotatable bonds is 3. The minimum absolute atomic E-state index is 0.183. The first kappa shape index (κ1) is 14.8. The summed E-state index contributed by atoms with van der Waals surface area (Å²) in [5.74, 6) is 0.743. The lowest BCUT2D eigenvalue weighted by molar-refractivity contribution is -0.323. The van der Waals surface area contributed by atoms with Gasteiger partial charge in [-0.05, 0) is 30.3 Å². The lowest BCUT2D eigenvalue weighted by atomic mass is 10.1. The van der Waals surface area contributed by atoms with Crippen molar-refractivity contribution in [1.29, 1.82) is 5.26 Å². The number of ketones is 1. The van der Waals surface area contributed by atoms with E-state index in [1.807, 2.05) is 6.07 Å². The zero-order chi connectivity index (χ0) is 16.6. The van der Waals surface area contributed by atoms with E-state index in [9.17, 15) is 4.79 Å². The number of nitrogens with zero attached hydrogens (tertiary/aromatic N) is 1. The van der Waals surface area contributed by atoms with Crippen LogP contribution in [0, 0.1) is 11.3 Å². The lowest BCUT2D eigenvalue weighted by Crippen LogP contribution is -2.11. The molecule has 2 heterocycles. The van der Waals surface area contributed by atoms with E-state index < -0.39 is 0 Å². The number of anilines is 2. The second-order valence-electron chi connectivity index (χ2n) is 4.85. The van der Waals surface area contributed by atoms with Gasteiger partial charge in [0, 0.05) is 5.56 Å². The van der Waals surface area contributed by atoms with Gasteiger partial charge in [-0.15, -0.1) is 0 Å². The zero-order valence-corrected chi connectivity index (χ0v) is 13.0. The number of aromatic amines is 1. The number of pyridine rings is 1. The fraction of sp³-hybridized carbons (Fsp3) is 0.0625. The molecule has 0 aliphatic carbocycles. The van der Waals surface area contributed by atoms with Crippen molar-refractivity contribution in [2.75, 3.05) is 18.6 Å². The van der Waals surface area contributed by atoms with Gasteiger partial charge >= 0.3 is 0 Å². The third kappa shape index (κ3) is 2.45. The highest BCUT2D eigenvalue weighted by atomic mass is 32.1. The standard InChI is InChI=1S/C16H12N4O2S/c1-22-10-4-2-8(3-5-10)13(21)14-12(18)11-6-9(7-17)15(19)20-16(11)23-14/h2-6H,18H2,1H3,(H2,19,20)/p+1. The molecule has 0 fully saturated rings. The molecule has 0 saturated heterocycles. The normalized spacial score (nSPS) is 10.4. The molecule has 7 heteroatoms. The monoisotopic (exact) mass is 325 g/mol. The molecule has 114 valence electrons. The number of H-pyrrole nitrogens is 1. The van der Waals surface area contributed by atoms with Gasteiger partial charge in [0.1, 0.15) is 22.3 Å². The Labute approximate surface area is 135 Å². The highest BCUT2D eigenvalue weighted by Crippen LogP contribution is 2.34. The van der Waals surface area contributed by atoms with Gasteiger partial charge in [-0.1, -0.05) is 11.3 Å². The molecular weight excluding hydrogens is 312 g/mol. The first-order valence-corrected chi connectivity index (χ1v) is 7.49. The Morgan fingerprint density at radius 3 is 2.61 bits per heavy atom. The quantitative estimate of drug-likeness (QED) is 0.714.